The number of allylic oxidation sites excluding steroid dienone is 1. The maximum absolute atomic E-state index is 9.80. The number of phenolic OH excluding ortho intramolecular Hbond substituents is 2. The van der Waals surface area contributed by atoms with Crippen LogP contribution in [0.25, 0.3) is 0 Å². The monoisotopic (exact) mass is 192 g/mol. The van der Waals surface area contributed by atoms with E-state index in [2.05, 4.69) is 6.58 Å². The van der Waals surface area contributed by atoms with Crippen molar-refractivity contribution in [1.82, 2.24) is 0 Å². The molecule has 1 rings (SSSR count). The Morgan fingerprint density at radius 1 is 1.36 bits per heavy atom. The molecule has 0 heterocycles. The summed E-state index contributed by atoms with van der Waals surface area (Å²) in [5.41, 5.74) is 3.17. The minimum absolute atomic E-state index is 0.233. The van der Waals surface area contributed by atoms with Crippen molar-refractivity contribution >= 4 is 0 Å². The van der Waals surface area contributed by atoms with Gasteiger partial charge in [0, 0.05) is 5.56 Å². The predicted molar refractivity (Wildman–Crippen MR) is 57.8 cm³/mol. The molecule has 0 aliphatic rings. The van der Waals surface area contributed by atoms with Crippen LogP contribution in [0.2, 0.25) is 0 Å². The summed E-state index contributed by atoms with van der Waals surface area (Å²) in [6.07, 6.45) is 0.604. The quantitative estimate of drug-likeness (QED) is 0.558. The highest BCUT2D eigenvalue weighted by Crippen LogP contribution is 2.33. The number of aromatic hydroxyl groups is 2. The molecule has 76 valence electrons. The molecule has 2 heteroatoms. The molecule has 0 fully saturated rings. The van der Waals surface area contributed by atoms with Gasteiger partial charge in [-0.05, 0) is 44.4 Å². The van der Waals surface area contributed by atoms with Crippen LogP contribution in [0.3, 0.4) is 0 Å². The maximum atomic E-state index is 9.80. The fourth-order valence-electron chi connectivity index (χ4n) is 1.47. The molecule has 0 unspecified atom stereocenters. The predicted octanol–water partition coefficient (Wildman–Crippen LogP) is 2.83. The molecular weight excluding hydrogens is 176 g/mol. The Bertz CT molecular complexity index is 352. The summed E-state index contributed by atoms with van der Waals surface area (Å²) in [4.78, 5) is 0. The lowest BCUT2D eigenvalue weighted by atomic mass is 9.97. The molecule has 2 nitrogen and oxygen atoms in total. The molecule has 1 aromatic rings. The van der Waals surface area contributed by atoms with Crippen LogP contribution < -0.4 is 0 Å². The Balaban J connectivity index is 3.31. The highest BCUT2D eigenvalue weighted by molar-refractivity contribution is 5.52. The molecule has 2 N–H and O–H groups in total. The number of hydrogen-bond acceptors (Lipinski definition) is 2. The lowest BCUT2D eigenvalue weighted by molar-refractivity contribution is 0.448. The van der Waals surface area contributed by atoms with Crippen LogP contribution in [0, 0.1) is 13.8 Å². The van der Waals surface area contributed by atoms with E-state index < -0.39 is 0 Å². The average molecular weight is 192 g/mol. The van der Waals surface area contributed by atoms with Crippen LogP contribution in [-0.2, 0) is 6.42 Å². The highest BCUT2D eigenvalue weighted by atomic mass is 16.3. The van der Waals surface area contributed by atoms with E-state index in [1.165, 1.54) is 0 Å². The first kappa shape index (κ1) is 10.6. The van der Waals surface area contributed by atoms with Gasteiger partial charge >= 0.3 is 0 Å². The molecular formula is C12H16O2. The third-order valence-electron chi connectivity index (χ3n) is 2.33. The van der Waals surface area contributed by atoms with Crippen molar-refractivity contribution in [2.75, 3.05) is 0 Å². The lowest BCUT2D eigenvalue weighted by Gasteiger charge is -2.12. The second kappa shape index (κ2) is 3.74. The normalized spacial score (nSPS) is 10.2. The molecule has 0 spiro atoms. The molecule has 0 bridgehead atoms. The molecule has 0 saturated carbocycles. The van der Waals surface area contributed by atoms with Gasteiger partial charge in [0.05, 0.1) is 0 Å². The van der Waals surface area contributed by atoms with E-state index in [4.69, 9.17) is 0 Å². The Hall–Kier alpha value is -1.44. The summed E-state index contributed by atoms with van der Waals surface area (Å²) in [5, 5.41) is 19.4. The first-order valence-corrected chi connectivity index (χ1v) is 4.59. The van der Waals surface area contributed by atoms with Crippen molar-refractivity contribution in [2.24, 2.45) is 0 Å². The van der Waals surface area contributed by atoms with Crippen LogP contribution in [0.1, 0.15) is 23.6 Å². The zero-order valence-corrected chi connectivity index (χ0v) is 8.89. The second-order valence-electron chi connectivity index (χ2n) is 3.80. The van der Waals surface area contributed by atoms with Crippen molar-refractivity contribution < 1.29 is 10.2 Å². The van der Waals surface area contributed by atoms with Gasteiger partial charge in [0.15, 0.2) is 0 Å². The largest absolute Gasteiger partial charge is 0.508 e. The highest BCUT2D eigenvalue weighted by Gasteiger charge is 2.11. The topological polar surface area (TPSA) is 40.5 Å². The van der Waals surface area contributed by atoms with Gasteiger partial charge in [0.25, 0.3) is 0 Å². The fraction of sp³-hybridized carbons (Fsp3) is 0.333. The maximum Gasteiger partial charge on any atom is 0.122 e. The van der Waals surface area contributed by atoms with Crippen LogP contribution >= 0.6 is 0 Å². The molecule has 0 aromatic heterocycles. The Morgan fingerprint density at radius 3 is 2.43 bits per heavy atom. The van der Waals surface area contributed by atoms with E-state index in [1.54, 1.807) is 19.9 Å². The van der Waals surface area contributed by atoms with Crippen LogP contribution in [0.5, 0.6) is 11.5 Å². The third kappa shape index (κ3) is 1.90. The lowest BCUT2D eigenvalue weighted by Crippen LogP contribution is -1.94. The van der Waals surface area contributed by atoms with Crippen LogP contribution in [0.15, 0.2) is 18.2 Å². The van der Waals surface area contributed by atoms with E-state index in [0.29, 0.717) is 12.0 Å². The Labute approximate surface area is 84.5 Å². The number of hydrogen-bond donors (Lipinski definition) is 2. The standard InChI is InChI=1S/C12H16O2/c1-7(2)5-10-9(4)11(13)6-8(3)12(10)14/h6,13-14H,1,5H2,2-4H3. The summed E-state index contributed by atoms with van der Waals surface area (Å²) in [5.74, 6) is 0.500. The summed E-state index contributed by atoms with van der Waals surface area (Å²) in [6, 6.07) is 1.58. The van der Waals surface area contributed by atoms with Crippen LogP contribution in [0.4, 0.5) is 0 Å². The number of aryl methyl sites for hydroxylation is 1. The fourth-order valence-corrected chi connectivity index (χ4v) is 1.47. The van der Waals surface area contributed by atoms with E-state index in [-0.39, 0.29) is 11.5 Å². The van der Waals surface area contributed by atoms with Crippen molar-refractivity contribution in [2.45, 2.75) is 27.2 Å². The van der Waals surface area contributed by atoms with Gasteiger partial charge in [-0.3, -0.25) is 0 Å². The zero-order valence-electron chi connectivity index (χ0n) is 8.89. The Kier molecular flexibility index (Phi) is 2.84. The number of rotatable bonds is 2. The van der Waals surface area contributed by atoms with E-state index in [0.717, 1.165) is 16.7 Å². The van der Waals surface area contributed by atoms with Crippen molar-refractivity contribution in [3.8, 4) is 11.5 Å². The summed E-state index contributed by atoms with van der Waals surface area (Å²) >= 11 is 0. The zero-order chi connectivity index (χ0) is 10.9. The molecule has 1 aromatic carbocycles. The van der Waals surface area contributed by atoms with Gasteiger partial charge in [-0.15, -0.1) is 0 Å². The van der Waals surface area contributed by atoms with E-state index in [9.17, 15) is 10.2 Å². The first-order valence-electron chi connectivity index (χ1n) is 4.59. The van der Waals surface area contributed by atoms with Crippen molar-refractivity contribution in [3.05, 3.63) is 34.9 Å². The van der Waals surface area contributed by atoms with Gasteiger partial charge in [0.2, 0.25) is 0 Å². The summed E-state index contributed by atoms with van der Waals surface area (Å²) < 4.78 is 0. The molecule has 0 aliphatic carbocycles. The first-order chi connectivity index (χ1) is 6.43. The Morgan fingerprint density at radius 2 is 1.93 bits per heavy atom. The second-order valence-corrected chi connectivity index (χ2v) is 3.80. The molecule has 0 saturated heterocycles. The molecule has 0 atom stereocenters. The molecule has 14 heavy (non-hydrogen) atoms. The third-order valence-corrected chi connectivity index (χ3v) is 2.33. The van der Waals surface area contributed by atoms with Crippen LogP contribution in [-0.4, -0.2) is 10.2 Å². The average Bonchev–Trinajstić information content (AvgIpc) is 2.09. The minimum Gasteiger partial charge on any atom is -0.508 e. The van der Waals surface area contributed by atoms with Crippen molar-refractivity contribution in [1.29, 1.82) is 0 Å². The SMILES string of the molecule is C=C(C)Cc1c(C)c(O)cc(C)c1O. The number of benzene rings is 1. The molecule has 0 amide bonds. The van der Waals surface area contributed by atoms with Gasteiger partial charge in [-0.1, -0.05) is 12.2 Å². The van der Waals surface area contributed by atoms with Gasteiger partial charge in [0.1, 0.15) is 11.5 Å². The van der Waals surface area contributed by atoms with Gasteiger partial charge in [-0.25, -0.2) is 0 Å². The van der Waals surface area contributed by atoms with E-state index in [1.807, 2.05) is 6.92 Å². The van der Waals surface area contributed by atoms with Crippen molar-refractivity contribution in [3.63, 3.8) is 0 Å². The smallest absolute Gasteiger partial charge is 0.122 e. The van der Waals surface area contributed by atoms with Gasteiger partial charge in [-0.2, -0.15) is 0 Å². The van der Waals surface area contributed by atoms with Gasteiger partial charge < -0.3 is 10.2 Å². The number of phenols is 2. The molecule has 0 aliphatic heterocycles. The van der Waals surface area contributed by atoms with E-state index >= 15 is 0 Å². The molecule has 0 radical (unpaired) electrons. The minimum atomic E-state index is 0.233. The summed E-state index contributed by atoms with van der Waals surface area (Å²) in [7, 11) is 0. The summed E-state index contributed by atoms with van der Waals surface area (Å²) in [6.45, 7) is 9.27.